The molecule has 0 amide bonds. The van der Waals surface area contributed by atoms with Gasteiger partial charge in [0.25, 0.3) is 10.0 Å². The minimum Gasteiger partial charge on any atom is -0.484 e. The first kappa shape index (κ1) is 25.0. The van der Waals surface area contributed by atoms with Gasteiger partial charge in [-0.1, -0.05) is 12.2 Å². The van der Waals surface area contributed by atoms with Crippen molar-refractivity contribution < 1.29 is 36.2 Å². The van der Waals surface area contributed by atoms with E-state index in [0.717, 1.165) is 30.8 Å². The average Bonchev–Trinajstić information content (AvgIpc) is 3.38. The van der Waals surface area contributed by atoms with Gasteiger partial charge in [0.05, 0.1) is 37.2 Å². The number of sulfonamides is 1. The number of furan rings is 1. The van der Waals surface area contributed by atoms with Gasteiger partial charge in [0.15, 0.2) is 0 Å². The molecule has 3 aromatic rings. The Morgan fingerprint density at radius 3 is 2.76 bits per heavy atom. The van der Waals surface area contributed by atoms with Crippen molar-refractivity contribution in [2.24, 2.45) is 0 Å². The Balaban J connectivity index is 1.48. The first-order valence-corrected chi connectivity index (χ1v) is 13.1. The third-order valence-corrected chi connectivity index (χ3v) is 7.64. The maximum absolute atomic E-state index is 14.1. The Bertz CT molecular complexity index is 1460. The van der Waals surface area contributed by atoms with Crippen LogP contribution in [0.3, 0.4) is 0 Å². The lowest BCUT2D eigenvalue weighted by Crippen LogP contribution is -2.36. The number of rotatable bonds is 7. The predicted octanol–water partition coefficient (Wildman–Crippen LogP) is 3.91. The molecule has 0 unspecified atom stereocenters. The maximum Gasteiger partial charge on any atom is 0.343 e. The van der Waals surface area contributed by atoms with Gasteiger partial charge in [-0.05, 0) is 42.0 Å². The number of hydrogen-bond acceptors (Lipinski definition) is 8. The molecule has 0 aliphatic carbocycles. The fraction of sp³-hybridized carbons (Fsp3) is 0.269. The monoisotopic (exact) mass is 528 g/mol. The number of halogens is 1. The lowest BCUT2D eigenvalue weighted by atomic mass is 9.98. The summed E-state index contributed by atoms with van der Waals surface area (Å²) in [6.45, 7) is 3.43. The van der Waals surface area contributed by atoms with Crippen LogP contribution in [0.2, 0.25) is 0 Å². The third-order valence-electron chi connectivity index (χ3n) is 6.20. The fourth-order valence-corrected chi connectivity index (χ4v) is 5.63. The highest BCUT2D eigenvalue weighted by molar-refractivity contribution is 7.92. The number of nitrogens with one attached hydrogen (secondary N) is 1. The molecule has 1 saturated heterocycles. The van der Waals surface area contributed by atoms with Crippen LogP contribution in [0.15, 0.2) is 58.1 Å². The summed E-state index contributed by atoms with van der Waals surface area (Å²) in [6, 6.07) is 8.27. The van der Waals surface area contributed by atoms with Crippen molar-refractivity contribution in [1.82, 2.24) is 4.90 Å². The smallest absolute Gasteiger partial charge is 0.343 e. The summed E-state index contributed by atoms with van der Waals surface area (Å²) < 4.78 is 65.0. The molecule has 2 aromatic carbocycles. The van der Waals surface area contributed by atoms with E-state index in [4.69, 9.17) is 18.6 Å². The molecule has 9 nitrogen and oxygen atoms in total. The van der Waals surface area contributed by atoms with E-state index in [0.29, 0.717) is 31.1 Å². The molecule has 1 aromatic heterocycles. The molecule has 0 saturated carbocycles. The number of ether oxygens (including phenoxy) is 3. The van der Waals surface area contributed by atoms with E-state index in [2.05, 4.69) is 9.62 Å². The first-order valence-electron chi connectivity index (χ1n) is 11.6. The molecule has 0 radical (unpaired) electrons. The number of hydrogen-bond donors (Lipinski definition) is 1. The van der Waals surface area contributed by atoms with Crippen LogP contribution in [0.5, 0.6) is 5.75 Å². The number of esters is 1. The van der Waals surface area contributed by atoms with Crippen LogP contribution in [0.1, 0.15) is 21.7 Å². The lowest BCUT2D eigenvalue weighted by molar-refractivity contribution is 0.0435. The zero-order valence-electron chi connectivity index (χ0n) is 20.0. The number of carbonyl (C=O) groups is 1. The number of benzene rings is 2. The number of morpholine rings is 1. The Morgan fingerprint density at radius 2 is 1.97 bits per heavy atom. The van der Waals surface area contributed by atoms with E-state index in [1.807, 2.05) is 0 Å². The maximum atomic E-state index is 14.1. The molecule has 2 aliphatic rings. The topological polar surface area (TPSA) is 107 Å². The Labute approximate surface area is 213 Å². The van der Waals surface area contributed by atoms with Crippen molar-refractivity contribution in [3.8, 4) is 16.9 Å². The zero-order chi connectivity index (χ0) is 26.0. The molecule has 5 rings (SSSR count). The van der Waals surface area contributed by atoms with E-state index < -0.39 is 21.8 Å². The van der Waals surface area contributed by atoms with Crippen LogP contribution in [-0.2, 0) is 26.1 Å². The summed E-state index contributed by atoms with van der Waals surface area (Å²) in [6.07, 6.45) is 4.87. The van der Waals surface area contributed by atoms with Crippen LogP contribution < -0.4 is 9.46 Å². The van der Waals surface area contributed by atoms with E-state index in [-0.39, 0.29) is 34.1 Å². The third kappa shape index (κ3) is 5.10. The van der Waals surface area contributed by atoms with Crippen LogP contribution in [0, 0.1) is 5.82 Å². The summed E-state index contributed by atoms with van der Waals surface area (Å²) in [7, 11) is -3.04. The molecule has 3 heterocycles. The van der Waals surface area contributed by atoms with Crippen molar-refractivity contribution in [2.45, 2.75) is 11.5 Å². The molecule has 0 bridgehead atoms. The Kier molecular flexibility index (Phi) is 7.00. The van der Waals surface area contributed by atoms with Crippen molar-refractivity contribution in [3.63, 3.8) is 0 Å². The van der Waals surface area contributed by atoms with Crippen molar-refractivity contribution >= 4 is 27.8 Å². The van der Waals surface area contributed by atoms with Gasteiger partial charge in [-0.3, -0.25) is 9.62 Å². The standard InChI is InChI=1S/C26H25FN2O7S/c1-33-26(30)24-21(6-5-20-19-8-12-35-22(19)16-36-25(20)24)28-37(31,32)23-7-4-18(27)15-17(23)3-2-9-29-10-13-34-14-11-29/h2-8,12,15,28H,9-11,13-14,16H2,1H3/b3-2-. The predicted molar refractivity (Wildman–Crippen MR) is 133 cm³/mol. The van der Waals surface area contributed by atoms with Gasteiger partial charge in [0.1, 0.15) is 29.5 Å². The molecule has 0 atom stereocenters. The van der Waals surface area contributed by atoms with E-state index in [9.17, 15) is 17.6 Å². The Hall–Kier alpha value is -3.67. The van der Waals surface area contributed by atoms with Gasteiger partial charge in [-0.25, -0.2) is 17.6 Å². The highest BCUT2D eigenvalue weighted by Crippen LogP contribution is 2.43. The molecular weight excluding hydrogens is 503 g/mol. The summed E-state index contributed by atoms with van der Waals surface area (Å²) in [5, 5.41) is 0. The van der Waals surface area contributed by atoms with Gasteiger partial charge in [-0.15, -0.1) is 0 Å². The number of methoxy groups -OCH3 is 1. The second-order valence-electron chi connectivity index (χ2n) is 8.51. The van der Waals surface area contributed by atoms with Gasteiger partial charge >= 0.3 is 5.97 Å². The van der Waals surface area contributed by atoms with E-state index >= 15 is 0 Å². The summed E-state index contributed by atoms with van der Waals surface area (Å²) in [5.74, 6) is -0.563. The average molecular weight is 529 g/mol. The minimum absolute atomic E-state index is 0.0230. The highest BCUT2D eigenvalue weighted by Gasteiger charge is 2.30. The number of anilines is 1. The van der Waals surface area contributed by atoms with Gasteiger partial charge in [-0.2, -0.15) is 0 Å². The minimum atomic E-state index is -4.24. The Morgan fingerprint density at radius 1 is 1.16 bits per heavy atom. The molecule has 37 heavy (non-hydrogen) atoms. The second kappa shape index (κ2) is 10.4. The van der Waals surface area contributed by atoms with Crippen molar-refractivity contribution in [1.29, 1.82) is 0 Å². The number of fused-ring (bicyclic) bond motifs is 3. The molecular formula is C26H25FN2O7S. The summed E-state index contributed by atoms with van der Waals surface area (Å²) >= 11 is 0. The highest BCUT2D eigenvalue weighted by atomic mass is 32.2. The fourth-order valence-electron chi connectivity index (χ4n) is 4.37. The summed E-state index contributed by atoms with van der Waals surface area (Å²) in [5.41, 5.74) is 1.41. The second-order valence-corrected chi connectivity index (χ2v) is 10.2. The molecule has 194 valence electrons. The molecule has 11 heteroatoms. The van der Waals surface area contributed by atoms with E-state index in [1.54, 1.807) is 24.3 Å². The zero-order valence-corrected chi connectivity index (χ0v) is 20.8. The van der Waals surface area contributed by atoms with Gasteiger partial charge in [0.2, 0.25) is 0 Å². The number of nitrogens with zero attached hydrogens (tertiary/aromatic N) is 1. The van der Waals surface area contributed by atoms with Crippen LogP contribution >= 0.6 is 0 Å². The SMILES string of the molecule is COC(=O)c1c(NS(=O)(=O)c2ccc(F)cc2/C=C\CN2CCOCC2)ccc2c1OCc1occc1-2. The quantitative estimate of drug-likeness (QED) is 0.460. The molecule has 1 fully saturated rings. The van der Waals surface area contributed by atoms with Crippen LogP contribution in [-0.4, -0.2) is 59.2 Å². The first-order chi connectivity index (χ1) is 17.9. The molecule has 0 spiro atoms. The van der Waals surface area contributed by atoms with Gasteiger partial charge in [0, 0.05) is 30.8 Å². The normalized spacial score (nSPS) is 15.6. The molecule has 1 N–H and O–H groups in total. The van der Waals surface area contributed by atoms with Crippen LogP contribution in [0.4, 0.5) is 10.1 Å². The van der Waals surface area contributed by atoms with E-state index in [1.165, 1.54) is 25.5 Å². The van der Waals surface area contributed by atoms with Crippen molar-refractivity contribution in [3.05, 3.63) is 71.4 Å². The van der Waals surface area contributed by atoms with Gasteiger partial charge < -0.3 is 18.6 Å². The van der Waals surface area contributed by atoms with Crippen molar-refractivity contribution in [2.75, 3.05) is 44.7 Å². The summed E-state index contributed by atoms with van der Waals surface area (Å²) in [4.78, 5) is 14.8. The number of carbonyl (C=O) groups excluding carboxylic acids is 1. The molecule has 2 aliphatic heterocycles. The lowest BCUT2D eigenvalue weighted by Gasteiger charge is -2.25. The van der Waals surface area contributed by atoms with Crippen LogP contribution in [0.25, 0.3) is 17.2 Å². The largest absolute Gasteiger partial charge is 0.484 e.